The summed E-state index contributed by atoms with van der Waals surface area (Å²) in [6, 6.07) is 13.1. The Morgan fingerprint density at radius 2 is 1.90 bits per heavy atom. The standard InChI is InChI=1S/C15H9ClN2O3/c16-10-5-6-11-12(9-10)17-8-7-14(11)21-15-4-2-1-3-13(15)18(19)20/h1-9H. The molecule has 1 heterocycles. The average Bonchev–Trinajstić information content (AvgIpc) is 2.47. The molecule has 21 heavy (non-hydrogen) atoms. The molecular weight excluding hydrogens is 292 g/mol. The summed E-state index contributed by atoms with van der Waals surface area (Å²) in [7, 11) is 0. The quantitative estimate of drug-likeness (QED) is 0.524. The van der Waals surface area contributed by atoms with Crippen molar-refractivity contribution in [3.05, 3.63) is 69.9 Å². The van der Waals surface area contributed by atoms with Crippen LogP contribution in [0.4, 0.5) is 5.69 Å². The van der Waals surface area contributed by atoms with Gasteiger partial charge in [-0.2, -0.15) is 0 Å². The molecular formula is C15H9ClN2O3. The molecule has 0 amide bonds. The van der Waals surface area contributed by atoms with Gasteiger partial charge in [-0.3, -0.25) is 15.1 Å². The molecule has 104 valence electrons. The minimum absolute atomic E-state index is 0.0866. The second-order valence-electron chi connectivity index (χ2n) is 4.30. The van der Waals surface area contributed by atoms with Crippen LogP contribution in [0.1, 0.15) is 0 Å². The average molecular weight is 301 g/mol. The molecule has 0 unspecified atom stereocenters. The Bertz CT molecular complexity index is 836. The van der Waals surface area contributed by atoms with Gasteiger partial charge in [-0.1, -0.05) is 23.7 Å². The molecule has 0 atom stereocenters. The van der Waals surface area contributed by atoms with Gasteiger partial charge in [0.25, 0.3) is 0 Å². The lowest BCUT2D eigenvalue weighted by atomic mass is 10.2. The highest BCUT2D eigenvalue weighted by Crippen LogP contribution is 2.34. The number of pyridine rings is 1. The van der Waals surface area contributed by atoms with Crippen molar-refractivity contribution in [3.63, 3.8) is 0 Å². The van der Waals surface area contributed by atoms with Crippen LogP contribution in [0.25, 0.3) is 10.9 Å². The lowest BCUT2D eigenvalue weighted by Crippen LogP contribution is -1.94. The molecule has 0 bridgehead atoms. The van der Waals surface area contributed by atoms with Gasteiger partial charge in [0.1, 0.15) is 5.75 Å². The number of aromatic nitrogens is 1. The zero-order valence-electron chi connectivity index (χ0n) is 10.7. The van der Waals surface area contributed by atoms with Gasteiger partial charge in [-0.15, -0.1) is 0 Å². The molecule has 0 fully saturated rings. The Kier molecular flexibility index (Phi) is 3.41. The summed E-state index contributed by atoms with van der Waals surface area (Å²) < 4.78 is 5.70. The zero-order chi connectivity index (χ0) is 14.8. The topological polar surface area (TPSA) is 65.3 Å². The van der Waals surface area contributed by atoms with Crippen molar-refractivity contribution in [1.82, 2.24) is 4.98 Å². The highest BCUT2D eigenvalue weighted by Gasteiger charge is 2.15. The van der Waals surface area contributed by atoms with E-state index in [2.05, 4.69) is 4.98 Å². The maximum Gasteiger partial charge on any atom is 0.311 e. The number of ether oxygens (including phenoxy) is 1. The number of nitro benzene ring substituents is 1. The summed E-state index contributed by atoms with van der Waals surface area (Å²) in [6.45, 7) is 0. The lowest BCUT2D eigenvalue weighted by Gasteiger charge is -2.08. The van der Waals surface area contributed by atoms with Crippen LogP contribution in [0.3, 0.4) is 0 Å². The number of hydrogen-bond donors (Lipinski definition) is 0. The van der Waals surface area contributed by atoms with Crippen molar-refractivity contribution in [2.75, 3.05) is 0 Å². The number of benzene rings is 2. The first kappa shape index (κ1) is 13.3. The molecule has 0 saturated carbocycles. The summed E-state index contributed by atoms with van der Waals surface area (Å²) in [4.78, 5) is 14.7. The van der Waals surface area contributed by atoms with Crippen LogP contribution in [0.2, 0.25) is 5.02 Å². The van der Waals surface area contributed by atoms with Crippen LogP contribution < -0.4 is 4.74 Å². The van der Waals surface area contributed by atoms with Gasteiger partial charge in [0, 0.05) is 22.7 Å². The normalized spacial score (nSPS) is 10.5. The van der Waals surface area contributed by atoms with E-state index >= 15 is 0 Å². The molecule has 6 heteroatoms. The van der Waals surface area contributed by atoms with E-state index in [-0.39, 0.29) is 11.4 Å². The van der Waals surface area contributed by atoms with Gasteiger partial charge in [0.2, 0.25) is 5.75 Å². The third-order valence-corrected chi connectivity index (χ3v) is 3.18. The number of nitrogens with zero attached hydrogens (tertiary/aromatic N) is 2. The predicted molar refractivity (Wildman–Crippen MR) is 79.9 cm³/mol. The number of fused-ring (bicyclic) bond motifs is 1. The maximum absolute atomic E-state index is 11.0. The summed E-state index contributed by atoms with van der Waals surface area (Å²) in [5.41, 5.74) is 0.579. The van der Waals surface area contributed by atoms with E-state index < -0.39 is 4.92 Å². The van der Waals surface area contributed by atoms with Gasteiger partial charge in [-0.05, 0) is 30.3 Å². The molecule has 0 radical (unpaired) electrons. The first-order valence-corrected chi connectivity index (χ1v) is 6.48. The second kappa shape index (κ2) is 5.38. The van der Waals surface area contributed by atoms with E-state index in [1.807, 2.05) is 0 Å². The molecule has 0 saturated heterocycles. The van der Waals surface area contributed by atoms with E-state index in [4.69, 9.17) is 16.3 Å². The van der Waals surface area contributed by atoms with Crippen molar-refractivity contribution in [2.45, 2.75) is 0 Å². The van der Waals surface area contributed by atoms with Crippen molar-refractivity contribution >= 4 is 28.2 Å². The predicted octanol–water partition coefficient (Wildman–Crippen LogP) is 4.59. The molecule has 3 aromatic rings. The van der Waals surface area contributed by atoms with Gasteiger partial charge in [0.15, 0.2) is 0 Å². The van der Waals surface area contributed by atoms with E-state index in [1.54, 1.807) is 48.7 Å². The van der Waals surface area contributed by atoms with Crippen LogP contribution in [0, 0.1) is 10.1 Å². The van der Waals surface area contributed by atoms with Gasteiger partial charge in [0.05, 0.1) is 10.4 Å². The monoisotopic (exact) mass is 300 g/mol. The molecule has 0 aliphatic carbocycles. The van der Waals surface area contributed by atoms with E-state index in [9.17, 15) is 10.1 Å². The zero-order valence-corrected chi connectivity index (χ0v) is 11.4. The number of hydrogen-bond acceptors (Lipinski definition) is 4. The van der Waals surface area contributed by atoms with Crippen molar-refractivity contribution in [2.24, 2.45) is 0 Å². The van der Waals surface area contributed by atoms with Gasteiger partial charge >= 0.3 is 5.69 Å². The Labute approximate surface area is 124 Å². The first-order chi connectivity index (χ1) is 10.1. The summed E-state index contributed by atoms with van der Waals surface area (Å²) in [6.07, 6.45) is 1.57. The van der Waals surface area contributed by atoms with Gasteiger partial charge in [-0.25, -0.2) is 0 Å². The number of halogens is 1. The first-order valence-electron chi connectivity index (χ1n) is 6.11. The Morgan fingerprint density at radius 3 is 2.71 bits per heavy atom. The fourth-order valence-corrected chi connectivity index (χ4v) is 2.16. The fraction of sp³-hybridized carbons (Fsp3) is 0. The Hall–Kier alpha value is -2.66. The molecule has 0 aliphatic rings. The molecule has 0 aliphatic heterocycles. The molecule has 1 aromatic heterocycles. The smallest absolute Gasteiger partial charge is 0.311 e. The minimum Gasteiger partial charge on any atom is -0.449 e. The third kappa shape index (κ3) is 2.64. The van der Waals surface area contributed by atoms with Crippen molar-refractivity contribution in [3.8, 4) is 11.5 Å². The summed E-state index contributed by atoms with van der Waals surface area (Å²) in [5.74, 6) is 0.677. The fourth-order valence-electron chi connectivity index (χ4n) is 2.00. The van der Waals surface area contributed by atoms with Crippen molar-refractivity contribution in [1.29, 1.82) is 0 Å². The number of rotatable bonds is 3. The lowest BCUT2D eigenvalue weighted by molar-refractivity contribution is -0.385. The van der Waals surface area contributed by atoms with E-state index in [0.29, 0.717) is 16.3 Å². The minimum atomic E-state index is -0.477. The number of nitro groups is 1. The Morgan fingerprint density at radius 1 is 1.10 bits per heavy atom. The van der Waals surface area contributed by atoms with Crippen LogP contribution in [-0.4, -0.2) is 9.91 Å². The summed E-state index contributed by atoms with van der Waals surface area (Å²) >= 11 is 5.93. The second-order valence-corrected chi connectivity index (χ2v) is 4.73. The number of para-hydroxylation sites is 2. The highest BCUT2D eigenvalue weighted by molar-refractivity contribution is 6.31. The molecule has 3 rings (SSSR count). The maximum atomic E-state index is 11.0. The summed E-state index contributed by atoms with van der Waals surface area (Å²) in [5, 5.41) is 12.3. The van der Waals surface area contributed by atoms with Crippen LogP contribution >= 0.6 is 11.6 Å². The van der Waals surface area contributed by atoms with Crippen LogP contribution in [0.5, 0.6) is 11.5 Å². The SMILES string of the molecule is O=[N+]([O-])c1ccccc1Oc1ccnc2cc(Cl)ccc12. The van der Waals surface area contributed by atoms with E-state index in [1.165, 1.54) is 6.07 Å². The molecule has 0 spiro atoms. The molecule has 5 nitrogen and oxygen atoms in total. The van der Waals surface area contributed by atoms with Crippen LogP contribution in [0.15, 0.2) is 54.7 Å². The largest absolute Gasteiger partial charge is 0.449 e. The molecule has 0 N–H and O–H groups in total. The van der Waals surface area contributed by atoms with Gasteiger partial charge < -0.3 is 4.74 Å². The highest BCUT2D eigenvalue weighted by atomic mass is 35.5. The van der Waals surface area contributed by atoms with Crippen molar-refractivity contribution < 1.29 is 9.66 Å². The molecule has 2 aromatic carbocycles. The van der Waals surface area contributed by atoms with E-state index in [0.717, 1.165) is 5.39 Å². The third-order valence-electron chi connectivity index (χ3n) is 2.95. The Balaban J connectivity index is 2.09. The van der Waals surface area contributed by atoms with Crippen LogP contribution in [-0.2, 0) is 0 Å².